The lowest BCUT2D eigenvalue weighted by atomic mass is 9.77. The lowest BCUT2D eigenvalue weighted by molar-refractivity contribution is -0.119. The molecule has 0 radical (unpaired) electrons. The van der Waals surface area contributed by atoms with Gasteiger partial charge in [-0.15, -0.1) is 0 Å². The highest BCUT2D eigenvalue weighted by Crippen LogP contribution is 2.38. The quantitative estimate of drug-likeness (QED) is 0.688. The first-order chi connectivity index (χ1) is 8.39. The Bertz CT molecular complexity index is 235. The number of hydrogen-bond acceptors (Lipinski definition) is 3. The molecule has 0 bridgehead atoms. The molecular weight excluding hydrogens is 226 g/mol. The summed E-state index contributed by atoms with van der Waals surface area (Å²) in [5, 5.41) is 3.48. The van der Waals surface area contributed by atoms with Gasteiger partial charge in [-0.3, -0.25) is 0 Å². The van der Waals surface area contributed by atoms with Gasteiger partial charge < -0.3 is 14.8 Å². The fourth-order valence-corrected chi connectivity index (χ4v) is 2.24. The third-order valence-corrected chi connectivity index (χ3v) is 4.06. The maximum atomic E-state index is 6.17. The first-order valence-corrected chi connectivity index (χ1v) is 7.32. The van der Waals surface area contributed by atoms with Crippen LogP contribution in [-0.2, 0) is 9.47 Å². The van der Waals surface area contributed by atoms with E-state index >= 15 is 0 Å². The normalized spacial score (nSPS) is 19.0. The minimum Gasteiger partial charge on any atom is -0.379 e. The summed E-state index contributed by atoms with van der Waals surface area (Å²) in [6, 6.07) is 0.564. The number of nitrogens with one attached hydrogen (secondary N) is 1. The first-order valence-electron chi connectivity index (χ1n) is 7.32. The molecule has 0 atom stereocenters. The second kappa shape index (κ2) is 6.88. The average Bonchev–Trinajstić information content (AvgIpc) is 2.24. The summed E-state index contributed by atoms with van der Waals surface area (Å²) in [5.41, 5.74) is 0.0901. The SMILES string of the molecule is COC(C)(C)CCOC1(CCNC(C)C)CCC1. The third kappa shape index (κ3) is 5.25. The van der Waals surface area contributed by atoms with Gasteiger partial charge in [0.25, 0.3) is 0 Å². The van der Waals surface area contributed by atoms with Crippen LogP contribution in [0, 0.1) is 0 Å². The highest BCUT2D eigenvalue weighted by molar-refractivity contribution is 4.90. The van der Waals surface area contributed by atoms with Crippen molar-refractivity contribution >= 4 is 0 Å². The molecule has 1 aliphatic carbocycles. The molecule has 1 N–H and O–H groups in total. The predicted octanol–water partition coefficient (Wildman–Crippen LogP) is 3.13. The van der Waals surface area contributed by atoms with Gasteiger partial charge in [-0.2, -0.15) is 0 Å². The van der Waals surface area contributed by atoms with Crippen LogP contribution in [0.5, 0.6) is 0 Å². The van der Waals surface area contributed by atoms with E-state index in [0.29, 0.717) is 6.04 Å². The molecular formula is C15H31NO2. The second-order valence-corrected chi connectivity index (χ2v) is 6.46. The fourth-order valence-electron chi connectivity index (χ4n) is 2.24. The van der Waals surface area contributed by atoms with Crippen LogP contribution in [0.1, 0.15) is 59.8 Å². The van der Waals surface area contributed by atoms with Gasteiger partial charge in [-0.05, 0) is 52.5 Å². The minimum atomic E-state index is -0.0683. The van der Waals surface area contributed by atoms with E-state index in [1.807, 2.05) is 0 Å². The van der Waals surface area contributed by atoms with E-state index in [9.17, 15) is 0 Å². The molecule has 1 fully saturated rings. The van der Waals surface area contributed by atoms with Gasteiger partial charge in [0, 0.05) is 13.2 Å². The van der Waals surface area contributed by atoms with Crippen molar-refractivity contribution in [3.05, 3.63) is 0 Å². The Kier molecular flexibility index (Phi) is 6.09. The topological polar surface area (TPSA) is 30.5 Å². The van der Waals surface area contributed by atoms with Crippen molar-refractivity contribution in [2.75, 3.05) is 20.3 Å². The molecule has 0 aromatic carbocycles. The Morgan fingerprint density at radius 2 is 1.94 bits per heavy atom. The van der Waals surface area contributed by atoms with E-state index in [4.69, 9.17) is 9.47 Å². The third-order valence-electron chi connectivity index (χ3n) is 4.06. The number of hydrogen-bond donors (Lipinski definition) is 1. The highest BCUT2D eigenvalue weighted by Gasteiger charge is 2.37. The summed E-state index contributed by atoms with van der Waals surface area (Å²) in [4.78, 5) is 0. The van der Waals surface area contributed by atoms with Gasteiger partial charge in [0.15, 0.2) is 0 Å². The molecule has 0 aromatic rings. The van der Waals surface area contributed by atoms with Crippen LogP contribution in [0.2, 0.25) is 0 Å². The van der Waals surface area contributed by atoms with Crippen LogP contribution in [0.15, 0.2) is 0 Å². The maximum Gasteiger partial charge on any atom is 0.0694 e. The molecule has 0 saturated heterocycles. The minimum absolute atomic E-state index is 0.0683. The lowest BCUT2D eigenvalue weighted by Gasteiger charge is -2.42. The van der Waals surface area contributed by atoms with E-state index in [0.717, 1.165) is 26.0 Å². The van der Waals surface area contributed by atoms with E-state index < -0.39 is 0 Å². The van der Waals surface area contributed by atoms with E-state index in [-0.39, 0.29) is 11.2 Å². The van der Waals surface area contributed by atoms with Crippen molar-refractivity contribution in [3.8, 4) is 0 Å². The molecule has 1 rings (SSSR count). The number of ether oxygens (including phenoxy) is 2. The fraction of sp³-hybridized carbons (Fsp3) is 1.00. The molecule has 1 aliphatic rings. The van der Waals surface area contributed by atoms with E-state index in [2.05, 4.69) is 33.0 Å². The summed E-state index contributed by atoms with van der Waals surface area (Å²) in [5.74, 6) is 0. The monoisotopic (exact) mass is 257 g/mol. The molecule has 0 aromatic heterocycles. The summed E-state index contributed by atoms with van der Waals surface area (Å²) in [6.07, 6.45) is 5.86. The molecule has 0 heterocycles. The molecule has 1 saturated carbocycles. The summed E-state index contributed by atoms with van der Waals surface area (Å²) in [6.45, 7) is 10.5. The zero-order valence-corrected chi connectivity index (χ0v) is 12.8. The van der Waals surface area contributed by atoms with E-state index in [1.165, 1.54) is 19.3 Å². The second-order valence-electron chi connectivity index (χ2n) is 6.46. The molecule has 0 amide bonds. The molecule has 0 unspecified atom stereocenters. The van der Waals surface area contributed by atoms with Gasteiger partial charge in [-0.1, -0.05) is 13.8 Å². The Morgan fingerprint density at radius 1 is 1.28 bits per heavy atom. The first kappa shape index (κ1) is 15.9. The molecule has 3 heteroatoms. The van der Waals surface area contributed by atoms with Crippen LogP contribution >= 0.6 is 0 Å². The number of methoxy groups -OCH3 is 1. The van der Waals surface area contributed by atoms with Crippen molar-refractivity contribution in [2.45, 2.75) is 77.0 Å². The lowest BCUT2D eigenvalue weighted by Crippen LogP contribution is -2.44. The van der Waals surface area contributed by atoms with Gasteiger partial charge >= 0.3 is 0 Å². The summed E-state index contributed by atoms with van der Waals surface area (Å²) >= 11 is 0. The Hall–Kier alpha value is -0.120. The smallest absolute Gasteiger partial charge is 0.0694 e. The van der Waals surface area contributed by atoms with Crippen LogP contribution in [-0.4, -0.2) is 37.5 Å². The Morgan fingerprint density at radius 3 is 2.39 bits per heavy atom. The summed E-state index contributed by atoms with van der Waals surface area (Å²) < 4.78 is 11.6. The van der Waals surface area contributed by atoms with Crippen molar-refractivity contribution in [2.24, 2.45) is 0 Å². The van der Waals surface area contributed by atoms with Gasteiger partial charge in [-0.25, -0.2) is 0 Å². The molecule has 108 valence electrons. The van der Waals surface area contributed by atoms with Crippen LogP contribution in [0.3, 0.4) is 0 Å². The van der Waals surface area contributed by atoms with E-state index in [1.54, 1.807) is 7.11 Å². The molecule has 3 nitrogen and oxygen atoms in total. The molecule has 18 heavy (non-hydrogen) atoms. The summed E-state index contributed by atoms with van der Waals surface area (Å²) in [7, 11) is 1.77. The predicted molar refractivity (Wildman–Crippen MR) is 76.0 cm³/mol. The van der Waals surface area contributed by atoms with Crippen LogP contribution < -0.4 is 5.32 Å². The zero-order chi connectivity index (χ0) is 13.6. The largest absolute Gasteiger partial charge is 0.379 e. The van der Waals surface area contributed by atoms with Crippen LogP contribution in [0.25, 0.3) is 0 Å². The zero-order valence-electron chi connectivity index (χ0n) is 12.8. The van der Waals surface area contributed by atoms with Crippen molar-refractivity contribution in [1.82, 2.24) is 5.32 Å². The van der Waals surface area contributed by atoms with Crippen molar-refractivity contribution in [3.63, 3.8) is 0 Å². The standard InChI is InChI=1S/C15H31NO2/c1-13(2)16-11-9-15(7-6-8-15)18-12-10-14(3,4)17-5/h13,16H,6-12H2,1-5H3. The molecule has 0 aliphatic heterocycles. The maximum absolute atomic E-state index is 6.17. The number of rotatable bonds is 9. The van der Waals surface area contributed by atoms with Gasteiger partial charge in [0.2, 0.25) is 0 Å². The Balaban J connectivity index is 2.24. The van der Waals surface area contributed by atoms with Crippen molar-refractivity contribution in [1.29, 1.82) is 0 Å². The molecule has 0 spiro atoms. The average molecular weight is 257 g/mol. The van der Waals surface area contributed by atoms with Crippen molar-refractivity contribution < 1.29 is 9.47 Å². The van der Waals surface area contributed by atoms with Crippen LogP contribution in [0.4, 0.5) is 0 Å². The Labute approximate surface area is 113 Å². The van der Waals surface area contributed by atoms with Gasteiger partial charge in [0.05, 0.1) is 17.8 Å². The highest BCUT2D eigenvalue weighted by atomic mass is 16.5. The van der Waals surface area contributed by atoms with Gasteiger partial charge in [0.1, 0.15) is 0 Å².